The molecule has 0 saturated carbocycles. The first-order valence-corrected chi connectivity index (χ1v) is 8.37. The number of aromatic nitrogens is 1. The average molecular weight is 304 g/mol. The summed E-state index contributed by atoms with van der Waals surface area (Å²) in [5.74, 6) is 1.86. The van der Waals surface area contributed by atoms with Crippen molar-refractivity contribution in [1.82, 2.24) is 9.88 Å². The Kier molecular flexibility index (Phi) is 4.70. The predicted octanol–water partition coefficient (Wildman–Crippen LogP) is 2.03. The van der Waals surface area contributed by atoms with Crippen molar-refractivity contribution in [2.75, 3.05) is 37.6 Å². The van der Waals surface area contributed by atoms with Crippen molar-refractivity contribution in [3.63, 3.8) is 0 Å². The van der Waals surface area contributed by atoms with E-state index in [0.717, 1.165) is 30.5 Å². The van der Waals surface area contributed by atoms with Crippen LogP contribution >= 0.6 is 12.2 Å². The molecule has 3 rings (SSSR count). The van der Waals surface area contributed by atoms with Crippen LogP contribution < -0.4 is 10.6 Å². The zero-order valence-corrected chi connectivity index (χ0v) is 13.3. The lowest BCUT2D eigenvalue weighted by Crippen LogP contribution is -2.38. The molecule has 1 aromatic rings. The van der Waals surface area contributed by atoms with Gasteiger partial charge in [-0.3, -0.25) is 0 Å². The molecule has 0 aromatic carbocycles. The molecular weight excluding hydrogens is 280 g/mol. The molecule has 5 heteroatoms. The van der Waals surface area contributed by atoms with E-state index in [4.69, 9.17) is 18.0 Å². The van der Waals surface area contributed by atoms with Crippen molar-refractivity contribution in [2.24, 2.45) is 11.7 Å². The second kappa shape index (κ2) is 6.71. The van der Waals surface area contributed by atoms with Gasteiger partial charge in [-0.2, -0.15) is 0 Å². The summed E-state index contributed by atoms with van der Waals surface area (Å²) >= 11 is 5.01. The van der Waals surface area contributed by atoms with Gasteiger partial charge < -0.3 is 15.5 Å². The summed E-state index contributed by atoms with van der Waals surface area (Å²) < 4.78 is 0. The fourth-order valence-corrected chi connectivity index (χ4v) is 3.53. The topological polar surface area (TPSA) is 45.4 Å². The number of hydrogen-bond acceptors (Lipinski definition) is 4. The molecular formula is C16H24N4S. The van der Waals surface area contributed by atoms with Crippen LogP contribution in [0.5, 0.6) is 0 Å². The highest BCUT2D eigenvalue weighted by atomic mass is 32.1. The summed E-state index contributed by atoms with van der Waals surface area (Å²) in [6.45, 7) is 6.07. The quantitative estimate of drug-likeness (QED) is 0.862. The summed E-state index contributed by atoms with van der Waals surface area (Å²) in [6, 6.07) is 5.93. The first-order chi connectivity index (χ1) is 10.2. The first kappa shape index (κ1) is 14.7. The maximum Gasteiger partial charge on any atom is 0.129 e. The monoisotopic (exact) mass is 304 g/mol. The van der Waals surface area contributed by atoms with Gasteiger partial charge in [0.1, 0.15) is 10.8 Å². The van der Waals surface area contributed by atoms with Crippen molar-refractivity contribution in [3.8, 4) is 0 Å². The number of rotatable bonds is 4. The molecule has 2 N–H and O–H groups in total. The summed E-state index contributed by atoms with van der Waals surface area (Å²) in [4.78, 5) is 9.94. The van der Waals surface area contributed by atoms with Gasteiger partial charge in [0.2, 0.25) is 0 Å². The molecule has 2 aliphatic rings. The van der Waals surface area contributed by atoms with E-state index < -0.39 is 0 Å². The highest BCUT2D eigenvalue weighted by Crippen LogP contribution is 2.24. The molecule has 3 heterocycles. The van der Waals surface area contributed by atoms with Gasteiger partial charge >= 0.3 is 0 Å². The van der Waals surface area contributed by atoms with Gasteiger partial charge in [-0.15, -0.1) is 0 Å². The lowest BCUT2D eigenvalue weighted by molar-refractivity contribution is 0.249. The zero-order chi connectivity index (χ0) is 14.7. The van der Waals surface area contributed by atoms with E-state index in [-0.39, 0.29) is 0 Å². The van der Waals surface area contributed by atoms with Gasteiger partial charge in [0, 0.05) is 19.6 Å². The summed E-state index contributed by atoms with van der Waals surface area (Å²) in [7, 11) is 0. The minimum Gasteiger partial charge on any atom is -0.388 e. The molecule has 21 heavy (non-hydrogen) atoms. The van der Waals surface area contributed by atoms with Gasteiger partial charge in [-0.25, -0.2) is 4.98 Å². The van der Waals surface area contributed by atoms with Crippen LogP contribution in [0.4, 0.5) is 5.82 Å². The van der Waals surface area contributed by atoms with E-state index in [1.807, 2.05) is 12.1 Å². The Bertz CT molecular complexity index is 491. The molecule has 0 spiro atoms. The number of piperidine rings is 1. The van der Waals surface area contributed by atoms with E-state index in [1.54, 1.807) is 0 Å². The number of pyridine rings is 1. The summed E-state index contributed by atoms with van der Waals surface area (Å²) in [5, 5.41) is 0. The number of nitrogens with two attached hydrogens (primary N) is 1. The third kappa shape index (κ3) is 3.71. The van der Waals surface area contributed by atoms with Gasteiger partial charge in [-0.1, -0.05) is 18.3 Å². The Morgan fingerprint density at radius 1 is 1.19 bits per heavy atom. The van der Waals surface area contributed by atoms with Crippen LogP contribution in [-0.2, 0) is 0 Å². The Hall–Kier alpha value is -1.20. The molecule has 2 saturated heterocycles. The maximum absolute atomic E-state index is 5.67. The van der Waals surface area contributed by atoms with Gasteiger partial charge in [0.05, 0.1) is 5.69 Å². The Balaban J connectivity index is 1.55. The van der Waals surface area contributed by atoms with Crippen molar-refractivity contribution in [3.05, 3.63) is 23.9 Å². The Labute approximate surface area is 132 Å². The molecule has 0 amide bonds. The highest BCUT2D eigenvalue weighted by Gasteiger charge is 2.23. The van der Waals surface area contributed by atoms with Crippen molar-refractivity contribution >= 4 is 23.0 Å². The molecule has 0 bridgehead atoms. The Morgan fingerprint density at radius 2 is 1.90 bits per heavy atom. The predicted molar refractivity (Wildman–Crippen MR) is 90.7 cm³/mol. The number of nitrogens with zero attached hydrogens (tertiary/aromatic N) is 3. The molecule has 0 radical (unpaired) electrons. The first-order valence-electron chi connectivity index (χ1n) is 7.96. The molecule has 1 aromatic heterocycles. The smallest absolute Gasteiger partial charge is 0.129 e. The van der Waals surface area contributed by atoms with Gasteiger partial charge in [0.15, 0.2) is 0 Å². The third-order valence-electron chi connectivity index (χ3n) is 4.64. The fourth-order valence-electron chi connectivity index (χ4n) is 3.41. The highest BCUT2D eigenvalue weighted by molar-refractivity contribution is 7.80. The molecule has 2 fully saturated rings. The SMILES string of the molecule is NC(=S)c1cccc(N2CCC(CN3CCCC3)CC2)n1. The van der Waals surface area contributed by atoms with E-state index in [1.165, 1.54) is 45.3 Å². The van der Waals surface area contributed by atoms with Crippen LogP contribution in [0.2, 0.25) is 0 Å². The van der Waals surface area contributed by atoms with Crippen LogP contribution in [0.15, 0.2) is 18.2 Å². The molecule has 0 atom stereocenters. The minimum absolute atomic E-state index is 0.376. The second-order valence-corrected chi connectivity index (χ2v) is 6.62. The number of anilines is 1. The van der Waals surface area contributed by atoms with E-state index in [9.17, 15) is 0 Å². The second-order valence-electron chi connectivity index (χ2n) is 6.18. The summed E-state index contributed by atoms with van der Waals surface area (Å²) in [6.07, 6.45) is 5.29. The van der Waals surface area contributed by atoms with Crippen LogP contribution in [-0.4, -0.2) is 47.6 Å². The lowest BCUT2D eigenvalue weighted by Gasteiger charge is -2.34. The van der Waals surface area contributed by atoms with Crippen LogP contribution in [0.25, 0.3) is 0 Å². The molecule has 4 nitrogen and oxygen atoms in total. The van der Waals surface area contributed by atoms with E-state index in [0.29, 0.717) is 4.99 Å². The van der Waals surface area contributed by atoms with Crippen LogP contribution in [0.3, 0.4) is 0 Å². The zero-order valence-electron chi connectivity index (χ0n) is 12.5. The lowest BCUT2D eigenvalue weighted by atomic mass is 9.96. The number of hydrogen-bond donors (Lipinski definition) is 1. The minimum atomic E-state index is 0.376. The van der Waals surface area contributed by atoms with E-state index >= 15 is 0 Å². The maximum atomic E-state index is 5.67. The number of thiocarbonyl (C=S) groups is 1. The molecule has 114 valence electrons. The Morgan fingerprint density at radius 3 is 2.57 bits per heavy atom. The van der Waals surface area contributed by atoms with E-state index in [2.05, 4.69) is 20.9 Å². The molecule has 0 aliphatic carbocycles. The van der Waals surface area contributed by atoms with Crippen LogP contribution in [0, 0.1) is 5.92 Å². The average Bonchev–Trinajstić information content (AvgIpc) is 3.01. The number of likely N-dealkylation sites (tertiary alicyclic amines) is 1. The van der Waals surface area contributed by atoms with Gasteiger partial charge in [-0.05, 0) is 56.8 Å². The van der Waals surface area contributed by atoms with Crippen LogP contribution in [0.1, 0.15) is 31.4 Å². The van der Waals surface area contributed by atoms with Crippen molar-refractivity contribution in [1.29, 1.82) is 0 Å². The third-order valence-corrected chi connectivity index (χ3v) is 4.85. The fraction of sp³-hybridized carbons (Fsp3) is 0.625. The van der Waals surface area contributed by atoms with Gasteiger partial charge in [0.25, 0.3) is 0 Å². The summed E-state index contributed by atoms with van der Waals surface area (Å²) in [5.41, 5.74) is 6.39. The standard InChI is InChI=1S/C16H24N4S/c17-16(21)14-4-3-5-15(18-14)20-10-6-13(7-11-20)12-19-8-1-2-9-19/h3-5,13H,1-2,6-12H2,(H2,17,21). The van der Waals surface area contributed by atoms with Crippen molar-refractivity contribution in [2.45, 2.75) is 25.7 Å². The molecule has 2 aliphatic heterocycles. The van der Waals surface area contributed by atoms with Crippen molar-refractivity contribution < 1.29 is 0 Å². The normalized spacial score (nSPS) is 20.9. The largest absolute Gasteiger partial charge is 0.388 e. The molecule has 0 unspecified atom stereocenters.